The van der Waals surface area contributed by atoms with Crippen LogP contribution in [-0.2, 0) is 14.4 Å². The van der Waals surface area contributed by atoms with Crippen LogP contribution in [0, 0.1) is 5.92 Å². The average molecular weight is 388 g/mol. The molecular formula is C25H24O4. The summed E-state index contributed by atoms with van der Waals surface area (Å²) in [6, 6.07) is 17.6. The van der Waals surface area contributed by atoms with Crippen LogP contribution < -0.4 is 0 Å². The summed E-state index contributed by atoms with van der Waals surface area (Å²) in [6.45, 7) is 0. The van der Waals surface area contributed by atoms with Crippen LogP contribution >= 0.6 is 0 Å². The van der Waals surface area contributed by atoms with Gasteiger partial charge in [-0.05, 0) is 29.5 Å². The molecule has 1 unspecified atom stereocenters. The predicted molar refractivity (Wildman–Crippen MR) is 110 cm³/mol. The first-order valence-electron chi connectivity index (χ1n) is 10.2. The van der Waals surface area contributed by atoms with Gasteiger partial charge in [-0.3, -0.25) is 14.4 Å². The number of hydrogen-bond donors (Lipinski definition) is 1. The highest BCUT2D eigenvalue weighted by molar-refractivity contribution is 6.08. The molecule has 0 saturated heterocycles. The lowest BCUT2D eigenvalue weighted by Crippen LogP contribution is -2.37. The zero-order chi connectivity index (χ0) is 20.4. The van der Waals surface area contributed by atoms with Crippen molar-refractivity contribution >= 4 is 17.3 Å². The van der Waals surface area contributed by atoms with E-state index in [1.807, 2.05) is 54.6 Å². The van der Waals surface area contributed by atoms with Gasteiger partial charge in [0, 0.05) is 37.2 Å². The maximum Gasteiger partial charge on any atom is 0.162 e. The first kappa shape index (κ1) is 19.3. The van der Waals surface area contributed by atoms with Gasteiger partial charge in [-0.1, -0.05) is 54.6 Å². The average Bonchev–Trinajstić information content (AvgIpc) is 2.73. The zero-order valence-corrected chi connectivity index (χ0v) is 16.3. The number of allylic oxidation sites excluding steroid dienone is 2. The number of aliphatic hydroxyl groups excluding tert-OH is 1. The number of aliphatic hydroxyl groups is 1. The first-order valence-corrected chi connectivity index (χ1v) is 10.2. The predicted octanol–water partition coefficient (Wildman–Crippen LogP) is 4.94. The number of hydrogen-bond acceptors (Lipinski definition) is 4. The van der Waals surface area contributed by atoms with E-state index >= 15 is 0 Å². The number of rotatable bonds is 4. The molecule has 1 N–H and O–H groups in total. The Hall–Kier alpha value is -3.01. The number of ketones is 3. The molecule has 0 radical (unpaired) electrons. The maximum absolute atomic E-state index is 12.7. The quantitative estimate of drug-likeness (QED) is 0.753. The number of Topliss-reactive ketones (excluding diaryl/α,β-unsaturated/α-hetero) is 3. The Morgan fingerprint density at radius 2 is 1.31 bits per heavy atom. The van der Waals surface area contributed by atoms with Crippen molar-refractivity contribution in [2.45, 2.75) is 44.4 Å². The van der Waals surface area contributed by atoms with Crippen LogP contribution in [0.1, 0.15) is 50.0 Å². The third kappa shape index (κ3) is 3.80. The van der Waals surface area contributed by atoms with Crippen LogP contribution in [0.2, 0.25) is 0 Å². The fourth-order valence-corrected chi connectivity index (χ4v) is 4.54. The van der Waals surface area contributed by atoms with E-state index in [9.17, 15) is 19.5 Å². The van der Waals surface area contributed by atoms with Crippen molar-refractivity contribution in [1.29, 1.82) is 0 Å². The Labute approximate surface area is 170 Å². The minimum absolute atomic E-state index is 0.0320. The highest BCUT2D eigenvalue weighted by Gasteiger charge is 2.42. The molecule has 0 amide bonds. The second kappa shape index (κ2) is 8.16. The molecule has 4 rings (SSSR count). The Kier molecular flexibility index (Phi) is 5.43. The highest BCUT2D eigenvalue weighted by atomic mass is 16.3. The summed E-state index contributed by atoms with van der Waals surface area (Å²) in [4.78, 5) is 38.2. The van der Waals surface area contributed by atoms with E-state index in [2.05, 4.69) is 0 Å². The summed E-state index contributed by atoms with van der Waals surface area (Å²) in [5.41, 5.74) is 3.08. The minimum Gasteiger partial charge on any atom is -0.512 e. The summed E-state index contributed by atoms with van der Waals surface area (Å²) in [5, 5.41) is 10.5. The molecule has 0 bridgehead atoms. The van der Waals surface area contributed by atoms with Crippen molar-refractivity contribution in [2.75, 3.05) is 0 Å². The van der Waals surface area contributed by atoms with Gasteiger partial charge in [0.15, 0.2) is 5.78 Å². The highest BCUT2D eigenvalue weighted by Crippen LogP contribution is 2.41. The molecular weight excluding hydrogens is 364 g/mol. The van der Waals surface area contributed by atoms with E-state index < -0.39 is 11.8 Å². The van der Waals surface area contributed by atoms with Gasteiger partial charge >= 0.3 is 0 Å². The summed E-state index contributed by atoms with van der Waals surface area (Å²) >= 11 is 0. The van der Waals surface area contributed by atoms with E-state index in [1.165, 1.54) is 0 Å². The van der Waals surface area contributed by atoms with Gasteiger partial charge in [-0.25, -0.2) is 0 Å². The van der Waals surface area contributed by atoms with Gasteiger partial charge in [-0.15, -0.1) is 0 Å². The summed E-state index contributed by atoms with van der Waals surface area (Å²) in [5.74, 6) is -1.96. The summed E-state index contributed by atoms with van der Waals surface area (Å²) in [6.07, 6.45) is 2.60. The maximum atomic E-state index is 12.7. The molecule has 2 aromatic rings. The Morgan fingerprint density at radius 1 is 0.724 bits per heavy atom. The van der Waals surface area contributed by atoms with Crippen LogP contribution in [0.4, 0.5) is 0 Å². The SMILES string of the molecule is O=C1CCCC(O)=C1C(c1ccc(-c2ccccc2)cc1)C1C(=O)CCCC1=O. The Balaban J connectivity index is 1.79. The Bertz CT molecular complexity index is 954. The monoisotopic (exact) mass is 388 g/mol. The molecule has 0 heterocycles. The molecule has 4 heteroatoms. The molecule has 0 spiro atoms. The lowest BCUT2D eigenvalue weighted by molar-refractivity contribution is -0.136. The Morgan fingerprint density at radius 3 is 1.93 bits per heavy atom. The normalized spacial score (nSPS) is 19.5. The molecule has 29 heavy (non-hydrogen) atoms. The van der Waals surface area contributed by atoms with Gasteiger partial charge < -0.3 is 5.11 Å². The van der Waals surface area contributed by atoms with Crippen molar-refractivity contribution in [3.63, 3.8) is 0 Å². The molecule has 4 nitrogen and oxygen atoms in total. The second-order valence-corrected chi connectivity index (χ2v) is 7.87. The summed E-state index contributed by atoms with van der Waals surface area (Å²) in [7, 11) is 0. The minimum atomic E-state index is -0.884. The lowest BCUT2D eigenvalue weighted by Gasteiger charge is -2.31. The number of carbonyl (C=O) groups excluding carboxylic acids is 3. The van der Waals surface area contributed by atoms with Crippen LogP contribution in [0.3, 0.4) is 0 Å². The molecule has 2 aliphatic rings. The van der Waals surface area contributed by atoms with Gasteiger partial charge in [0.05, 0.1) is 11.7 Å². The van der Waals surface area contributed by atoms with E-state index in [-0.39, 0.29) is 28.7 Å². The van der Waals surface area contributed by atoms with E-state index in [0.29, 0.717) is 38.5 Å². The smallest absolute Gasteiger partial charge is 0.162 e. The van der Waals surface area contributed by atoms with Gasteiger partial charge in [0.2, 0.25) is 0 Å². The van der Waals surface area contributed by atoms with Crippen LogP contribution in [0.5, 0.6) is 0 Å². The van der Waals surface area contributed by atoms with Gasteiger partial charge in [0.25, 0.3) is 0 Å². The van der Waals surface area contributed by atoms with Crippen molar-refractivity contribution in [3.8, 4) is 11.1 Å². The number of carbonyl (C=O) groups is 3. The zero-order valence-electron chi connectivity index (χ0n) is 16.3. The molecule has 148 valence electrons. The molecule has 1 saturated carbocycles. The van der Waals surface area contributed by atoms with E-state index in [1.54, 1.807) is 0 Å². The van der Waals surface area contributed by atoms with Crippen molar-refractivity contribution in [2.24, 2.45) is 5.92 Å². The summed E-state index contributed by atoms with van der Waals surface area (Å²) < 4.78 is 0. The fraction of sp³-hybridized carbons (Fsp3) is 0.320. The van der Waals surface area contributed by atoms with Gasteiger partial charge in [-0.2, -0.15) is 0 Å². The topological polar surface area (TPSA) is 71.4 Å². The van der Waals surface area contributed by atoms with Gasteiger partial charge in [0.1, 0.15) is 11.6 Å². The van der Waals surface area contributed by atoms with E-state index in [0.717, 1.165) is 16.7 Å². The molecule has 2 aromatic carbocycles. The fourth-order valence-electron chi connectivity index (χ4n) is 4.54. The third-order valence-corrected chi connectivity index (χ3v) is 5.99. The molecule has 0 aliphatic heterocycles. The first-order chi connectivity index (χ1) is 14.1. The molecule has 1 fully saturated rings. The van der Waals surface area contributed by atoms with Crippen molar-refractivity contribution in [3.05, 3.63) is 71.5 Å². The van der Waals surface area contributed by atoms with Crippen LogP contribution in [0.25, 0.3) is 11.1 Å². The molecule has 2 aliphatic carbocycles. The third-order valence-electron chi connectivity index (χ3n) is 5.99. The molecule has 0 aromatic heterocycles. The standard InChI is InChI=1S/C25H24O4/c26-19-8-4-9-20(27)24(19)23(25-21(28)10-5-11-22(25)29)18-14-12-17(13-15-18)16-6-2-1-3-7-16/h1-3,6-7,12-15,23-24,28H,4-5,8-11H2. The lowest BCUT2D eigenvalue weighted by atomic mass is 9.69. The largest absolute Gasteiger partial charge is 0.512 e. The number of benzene rings is 2. The van der Waals surface area contributed by atoms with Crippen LogP contribution in [0.15, 0.2) is 65.9 Å². The van der Waals surface area contributed by atoms with Crippen molar-refractivity contribution in [1.82, 2.24) is 0 Å². The molecule has 1 atom stereocenters. The van der Waals surface area contributed by atoms with E-state index in [4.69, 9.17) is 0 Å². The van der Waals surface area contributed by atoms with Crippen molar-refractivity contribution < 1.29 is 19.5 Å². The van der Waals surface area contributed by atoms with Crippen LogP contribution in [-0.4, -0.2) is 22.5 Å². The second-order valence-electron chi connectivity index (χ2n) is 7.87.